The number of amides is 3. The number of carboxylic acid groups (broad SMARTS) is 1. The van der Waals surface area contributed by atoms with Gasteiger partial charge >= 0.3 is 5.97 Å². The third-order valence-corrected chi connectivity index (χ3v) is 7.59. The van der Waals surface area contributed by atoms with Crippen LogP contribution in [0.15, 0.2) is 73.4 Å². The van der Waals surface area contributed by atoms with Gasteiger partial charge in [0.2, 0.25) is 17.7 Å². The number of aliphatic hydroxyl groups excluding tert-OH is 1. The summed E-state index contributed by atoms with van der Waals surface area (Å²) in [5, 5.41) is 28.8. The van der Waals surface area contributed by atoms with Gasteiger partial charge in [-0.2, -0.15) is 0 Å². The maximum Gasteiger partial charge on any atom is 0.326 e. The van der Waals surface area contributed by atoms with Crippen molar-refractivity contribution in [2.45, 2.75) is 43.4 Å². The van der Waals surface area contributed by atoms with E-state index in [1.165, 1.54) is 12.5 Å². The van der Waals surface area contributed by atoms with Crippen LogP contribution in [-0.4, -0.2) is 84.6 Å². The lowest BCUT2D eigenvalue weighted by Crippen LogP contribution is -2.58. The normalized spacial score (nSPS) is 14.0. The Morgan fingerprint density at radius 2 is 1.24 bits per heavy atom. The highest BCUT2D eigenvalue weighted by Crippen LogP contribution is 2.21. The Morgan fingerprint density at radius 3 is 1.73 bits per heavy atom. The lowest BCUT2D eigenvalue weighted by Gasteiger charge is -2.25. The minimum absolute atomic E-state index is 0.0158. The fraction of sp³-hybridized carbons (Fsp3) is 0.258. The number of nitrogens with one attached hydrogen (secondary N) is 6. The minimum atomic E-state index is -1.32. The van der Waals surface area contributed by atoms with Crippen LogP contribution in [0.1, 0.15) is 16.8 Å². The number of aromatic nitrogens is 4. The Bertz CT molecular complexity index is 1800. The van der Waals surface area contributed by atoms with Crippen molar-refractivity contribution in [2.75, 3.05) is 6.61 Å². The SMILES string of the molecule is NC(CO)C(=O)NC(Cc1c[nH]c2ccccc12)C(=O)NC(Cc1c[nH]c2ccccc12)C(=O)NC(Cc1cnc[nH]1)C(=O)O. The standard InChI is InChI=1S/C31H34N8O6/c32-22(15-40)28(41)37-25(9-17-12-34-23-7-3-1-5-20(17)23)29(42)38-26(10-18-13-35-24-8-4-2-6-21(18)24)30(43)39-27(31(44)45)11-19-14-33-16-36-19/h1-8,12-14,16,22,25-27,34-35,40H,9-11,15,32H2,(H,33,36)(H,37,41)(H,38,42)(H,39,43)(H,44,45). The van der Waals surface area contributed by atoms with Crippen molar-refractivity contribution < 1.29 is 29.4 Å². The van der Waals surface area contributed by atoms with Gasteiger partial charge in [0.25, 0.3) is 0 Å². The molecule has 5 rings (SSSR count). The van der Waals surface area contributed by atoms with E-state index in [1.807, 2.05) is 48.5 Å². The number of H-pyrrole nitrogens is 3. The summed E-state index contributed by atoms with van der Waals surface area (Å²) in [5.74, 6) is -3.44. The van der Waals surface area contributed by atoms with Gasteiger partial charge < -0.3 is 46.8 Å². The summed E-state index contributed by atoms with van der Waals surface area (Å²) >= 11 is 0. The summed E-state index contributed by atoms with van der Waals surface area (Å²) in [7, 11) is 0. The molecule has 4 unspecified atom stereocenters. The van der Waals surface area contributed by atoms with Crippen LogP contribution in [0.5, 0.6) is 0 Å². The van der Waals surface area contributed by atoms with E-state index >= 15 is 0 Å². The van der Waals surface area contributed by atoms with Crippen molar-refractivity contribution in [3.63, 3.8) is 0 Å². The fourth-order valence-corrected chi connectivity index (χ4v) is 5.18. The predicted octanol–water partition coefficient (Wildman–Crippen LogP) is 0.259. The summed E-state index contributed by atoms with van der Waals surface area (Å²) in [4.78, 5) is 65.4. The van der Waals surface area contributed by atoms with Crippen LogP contribution in [0.4, 0.5) is 0 Å². The third kappa shape index (κ3) is 7.37. The number of hydrogen-bond donors (Lipinski definition) is 9. The van der Waals surface area contributed by atoms with Crippen LogP contribution in [0.2, 0.25) is 0 Å². The zero-order chi connectivity index (χ0) is 31.9. The molecule has 234 valence electrons. The van der Waals surface area contributed by atoms with E-state index in [2.05, 4.69) is 35.9 Å². The molecule has 0 aliphatic heterocycles. The number of nitrogens with two attached hydrogens (primary N) is 1. The van der Waals surface area contributed by atoms with E-state index in [0.717, 1.165) is 27.4 Å². The number of carboxylic acids is 1. The highest BCUT2D eigenvalue weighted by Gasteiger charge is 2.32. The zero-order valence-corrected chi connectivity index (χ0v) is 24.1. The van der Waals surface area contributed by atoms with Crippen molar-refractivity contribution in [3.8, 4) is 0 Å². The second-order valence-electron chi connectivity index (χ2n) is 10.7. The number of nitrogens with zero attached hydrogens (tertiary/aromatic N) is 1. The lowest BCUT2D eigenvalue weighted by atomic mass is 10.0. The molecule has 14 nitrogen and oxygen atoms in total. The van der Waals surface area contributed by atoms with E-state index in [4.69, 9.17) is 5.73 Å². The van der Waals surface area contributed by atoms with Gasteiger partial charge in [-0.05, 0) is 23.3 Å². The quantitative estimate of drug-likeness (QED) is 0.0840. The average Bonchev–Trinajstić information content (AvgIpc) is 3.80. The molecule has 3 amide bonds. The third-order valence-electron chi connectivity index (χ3n) is 7.59. The molecule has 0 saturated heterocycles. The van der Waals surface area contributed by atoms with Gasteiger partial charge in [0, 0.05) is 65.4 Å². The molecule has 4 atom stereocenters. The number of benzene rings is 2. The topological polar surface area (TPSA) is 231 Å². The molecule has 0 saturated carbocycles. The van der Waals surface area contributed by atoms with E-state index in [1.54, 1.807) is 12.4 Å². The van der Waals surface area contributed by atoms with Crippen LogP contribution >= 0.6 is 0 Å². The number of carbonyl (C=O) groups is 4. The molecule has 10 N–H and O–H groups in total. The van der Waals surface area contributed by atoms with Crippen LogP contribution in [0.3, 0.4) is 0 Å². The van der Waals surface area contributed by atoms with Crippen molar-refractivity contribution in [1.82, 2.24) is 35.9 Å². The highest BCUT2D eigenvalue weighted by molar-refractivity contribution is 5.95. The van der Waals surface area contributed by atoms with Crippen molar-refractivity contribution in [2.24, 2.45) is 5.73 Å². The first-order valence-electron chi connectivity index (χ1n) is 14.3. The second kappa shape index (κ2) is 13.9. The monoisotopic (exact) mass is 614 g/mol. The number of para-hydroxylation sites is 2. The van der Waals surface area contributed by atoms with Gasteiger partial charge in [-0.15, -0.1) is 0 Å². The van der Waals surface area contributed by atoms with Crippen molar-refractivity contribution in [3.05, 3.63) is 90.3 Å². The van der Waals surface area contributed by atoms with E-state index in [0.29, 0.717) is 11.3 Å². The number of fused-ring (bicyclic) bond motifs is 2. The van der Waals surface area contributed by atoms with Gasteiger partial charge in [0.15, 0.2) is 0 Å². The fourth-order valence-electron chi connectivity index (χ4n) is 5.18. The first-order valence-corrected chi connectivity index (χ1v) is 14.3. The van der Waals surface area contributed by atoms with E-state index < -0.39 is 54.5 Å². The molecule has 5 aromatic rings. The van der Waals surface area contributed by atoms with E-state index in [-0.39, 0.29) is 19.3 Å². The van der Waals surface area contributed by atoms with Gasteiger partial charge in [0.05, 0.1) is 12.9 Å². The molecule has 0 radical (unpaired) electrons. The summed E-state index contributed by atoms with van der Waals surface area (Å²) in [6, 6.07) is 9.89. The van der Waals surface area contributed by atoms with Crippen LogP contribution in [0, 0.1) is 0 Å². The highest BCUT2D eigenvalue weighted by atomic mass is 16.4. The minimum Gasteiger partial charge on any atom is -0.480 e. The van der Waals surface area contributed by atoms with Crippen LogP contribution in [0.25, 0.3) is 21.8 Å². The molecule has 2 aromatic carbocycles. The molecule has 45 heavy (non-hydrogen) atoms. The Kier molecular flexibility index (Phi) is 9.55. The molecular formula is C31H34N8O6. The van der Waals surface area contributed by atoms with Crippen LogP contribution < -0.4 is 21.7 Å². The maximum absolute atomic E-state index is 13.9. The molecule has 0 spiro atoms. The molecule has 3 heterocycles. The maximum atomic E-state index is 13.9. The summed E-state index contributed by atoms with van der Waals surface area (Å²) in [6.07, 6.45) is 6.31. The number of imidazole rings is 1. The molecular weight excluding hydrogens is 580 g/mol. The first-order chi connectivity index (χ1) is 21.7. The number of hydrogen-bond acceptors (Lipinski definition) is 7. The smallest absolute Gasteiger partial charge is 0.326 e. The number of aliphatic carboxylic acids is 1. The number of aromatic amines is 3. The number of carbonyl (C=O) groups excluding carboxylic acids is 3. The molecule has 0 aliphatic rings. The first kappa shape index (κ1) is 31.0. The average molecular weight is 615 g/mol. The van der Waals surface area contributed by atoms with Gasteiger partial charge in [-0.1, -0.05) is 36.4 Å². The Labute approximate surface area is 256 Å². The van der Waals surface area contributed by atoms with Gasteiger partial charge in [-0.25, -0.2) is 9.78 Å². The van der Waals surface area contributed by atoms with Gasteiger partial charge in [-0.3, -0.25) is 14.4 Å². The summed E-state index contributed by atoms with van der Waals surface area (Å²) < 4.78 is 0. The Morgan fingerprint density at radius 1 is 0.733 bits per heavy atom. The zero-order valence-electron chi connectivity index (χ0n) is 24.1. The molecule has 0 aliphatic carbocycles. The number of rotatable bonds is 14. The molecule has 0 bridgehead atoms. The Balaban J connectivity index is 1.43. The summed E-state index contributed by atoms with van der Waals surface area (Å²) in [5.41, 5.74) is 9.33. The molecule has 14 heteroatoms. The largest absolute Gasteiger partial charge is 0.480 e. The molecule has 0 fully saturated rings. The van der Waals surface area contributed by atoms with Crippen molar-refractivity contribution >= 4 is 45.5 Å². The second-order valence-corrected chi connectivity index (χ2v) is 10.7. The predicted molar refractivity (Wildman–Crippen MR) is 165 cm³/mol. The van der Waals surface area contributed by atoms with Crippen LogP contribution in [-0.2, 0) is 38.4 Å². The van der Waals surface area contributed by atoms with Crippen molar-refractivity contribution in [1.29, 1.82) is 0 Å². The lowest BCUT2D eigenvalue weighted by molar-refractivity contribution is -0.142. The van der Waals surface area contributed by atoms with E-state index in [9.17, 15) is 29.4 Å². The number of aliphatic hydroxyl groups is 1. The Hall–Kier alpha value is -5.47. The molecule has 3 aromatic heterocycles. The summed E-state index contributed by atoms with van der Waals surface area (Å²) in [6.45, 7) is -0.633. The van der Waals surface area contributed by atoms with Gasteiger partial charge in [0.1, 0.15) is 24.2 Å².